The third-order valence-corrected chi connectivity index (χ3v) is 4.87. The fourth-order valence-corrected chi connectivity index (χ4v) is 3.22. The number of carbonyl (C=O) groups is 2. The number of anilines is 1. The van der Waals surface area contributed by atoms with Gasteiger partial charge in [-0.15, -0.1) is 11.3 Å². The van der Waals surface area contributed by atoms with E-state index < -0.39 is 12.1 Å². The number of thiophene rings is 1. The topological polar surface area (TPSA) is 55.4 Å². The van der Waals surface area contributed by atoms with E-state index in [-0.39, 0.29) is 11.8 Å². The molecule has 0 radical (unpaired) electrons. The molecule has 1 atom stereocenters. The van der Waals surface area contributed by atoms with Crippen LogP contribution in [0.15, 0.2) is 29.6 Å². The second kappa shape index (κ2) is 7.62. The largest absolute Gasteiger partial charge is 0.448 e. The summed E-state index contributed by atoms with van der Waals surface area (Å²) in [6, 6.07) is 7.78. The van der Waals surface area contributed by atoms with Gasteiger partial charge in [0, 0.05) is 5.69 Å². The molecule has 2 aromatic rings. The number of esters is 1. The quantitative estimate of drug-likeness (QED) is 0.801. The smallest absolute Gasteiger partial charge is 0.349 e. The summed E-state index contributed by atoms with van der Waals surface area (Å²) in [6.45, 7) is 9.54. The molecule has 24 heavy (non-hydrogen) atoms. The zero-order valence-corrected chi connectivity index (χ0v) is 15.5. The number of amides is 1. The predicted octanol–water partition coefficient (Wildman–Crippen LogP) is 4.67. The summed E-state index contributed by atoms with van der Waals surface area (Å²) in [6.07, 6.45) is -0.862. The van der Waals surface area contributed by atoms with Crippen LogP contribution in [0, 0.1) is 13.8 Å². The molecule has 2 rings (SSSR count). The maximum atomic E-state index is 12.4. The van der Waals surface area contributed by atoms with Gasteiger partial charge in [0.25, 0.3) is 5.91 Å². The molecule has 5 heteroatoms. The van der Waals surface area contributed by atoms with Gasteiger partial charge < -0.3 is 10.1 Å². The van der Waals surface area contributed by atoms with E-state index in [9.17, 15) is 9.59 Å². The zero-order valence-electron chi connectivity index (χ0n) is 14.7. The van der Waals surface area contributed by atoms with Crippen molar-refractivity contribution in [3.05, 3.63) is 51.2 Å². The van der Waals surface area contributed by atoms with E-state index in [0.717, 1.165) is 22.4 Å². The van der Waals surface area contributed by atoms with Gasteiger partial charge in [-0.05, 0) is 54.8 Å². The molecule has 1 heterocycles. The number of rotatable bonds is 5. The molecule has 1 N–H and O–H groups in total. The minimum atomic E-state index is -0.862. The Balaban J connectivity index is 2.10. The normalized spacial score (nSPS) is 12.1. The molecule has 0 fully saturated rings. The lowest BCUT2D eigenvalue weighted by Crippen LogP contribution is -2.30. The average molecular weight is 345 g/mol. The van der Waals surface area contributed by atoms with E-state index in [2.05, 4.69) is 19.2 Å². The maximum Gasteiger partial charge on any atom is 0.349 e. The van der Waals surface area contributed by atoms with Crippen molar-refractivity contribution >= 4 is 28.9 Å². The molecule has 1 aromatic heterocycles. The summed E-state index contributed by atoms with van der Waals surface area (Å²) in [4.78, 5) is 25.1. The molecule has 0 bridgehead atoms. The van der Waals surface area contributed by atoms with Gasteiger partial charge in [0.2, 0.25) is 0 Å². The van der Waals surface area contributed by atoms with Crippen molar-refractivity contribution < 1.29 is 14.3 Å². The van der Waals surface area contributed by atoms with Crippen molar-refractivity contribution in [1.29, 1.82) is 0 Å². The first-order valence-corrected chi connectivity index (χ1v) is 8.84. The number of ether oxygens (including phenoxy) is 1. The lowest BCUT2D eigenvalue weighted by Gasteiger charge is -2.19. The Morgan fingerprint density at radius 2 is 1.79 bits per heavy atom. The molecule has 0 saturated carbocycles. The lowest BCUT2D eigenvalue weighted by atomic mass is 9.98. The predicted molar refractivity (Wildman–Crippen MR) is 97.8 cm³/mol. The van der Waals surface area contributed by atoms with Crippen molar-refractivity contribution in [1.82, 2.24) is 0 Å². The molecule has 0 unspecified atom stereocenters. The molecule has 0 aliphatic carbocycles. The molecule has 0 saturated heterocycles. The number of hydrogen-bond donors (Lipinski definition) is 1. The summed E-state index contributed by atoms with van der Waals surface area (Å²) in [5.41, 5.74) is 3.71. The van der Waals surface area contributed by atoms with Crippen LogP contribution in [0.3, 0.4) is 0 Å². The van der Waals surface area contributed by atoms with E-state index in [0.29, 0.717) is 4.88 Å². The average Bonchev–Trinajstić information content (AvgIpc) is 2.95. The Bertz CT molecular complexity index is 749. The SMILES string of the molecule is Cc1ccsc1C(=O)O[C@H](C)C(=O)Nc1c(C)cccc1C(C)C. The van der Waals surface area contributed by atoms with Crippen LogP contribution in [0.2, 0.25) is 0 Å². The van der Waals surface area contributed by atoms with Gasteiger partial charge in [-0.1, -0.05) is 32.0 Å². The van der Waals surface area contributed by atoms with Crippen LogP contribution in [0.1, 0.15) is 53.1 Å². The number of carbonyl (C=O) groups excluding carboxylic acids is 2. The van der Waals surface area contributed by atoms with Gasteiger partial charge in [-0.25, -0.2) is 4.79 Å². The van der Waals surface area contributed by atoms with Crippen LogP contribution in [0.4, 0.5) is 5.69 Å². The summed E-state index contributed by atoms with van der Waals surface area (Å²) in [5.74, 6) is -0.500. The Morgan fingerprint density at radius 1 is 1.08 bits per heavy atom. The highest BCUT2D eigenvalue weighted by Gasteiger charge is 2.22. The lowest BCUT2D eigenvalue weighted by molar-refractivity contribution is -0.123. The molecule has 1 aromatic carbocycles. The van der Waals surface area contributed by atoms with Gasteiger partial charge in [-0.2, -0.15) is 0 Å². The first kappa shape index (κ1) is 18.2. The van der Waals surface area contributed by atoms with Gasteiger partial charge in [0.05, 0.1) is 0 Å². The Morgan fingerprint density at radius 3 is 2.38 bits per heavy atom. The van der Waals surface area contributed by atoms with Crippen LogP contribution in [0.25, 0.3) is 0 Å². The molecular weight excluding hydrogens is 322 g/mol. The van der Waals surface area contributed by atoms with Crippen LogP contribution >= 0.6 is 11.3 Å². The summed E-state index contributed by atoms with van der Waals surface area (Å²) >= 11 is 1.32. The van der Waals surface area contributed by atoms with E-state index in [1.54, 1.807) is 6.92 Å². The number of benzene rings is 1. The molecular formula is C19H23NO3S. The second-order valence-corrected chi connectivity index (χ2v) is 7.08. The minimum absolute atomic E-state index is 0.284. The molecule has 1 amide bonds. The highest BCUT2D eigenvalue weighted by molar-refractivity contribution is 7.12. The fraction of sp³-hybridized carbons (Fsp3) is 0.368. The Kier molecular flexibility index (Phi) is 5.78. The third-order valence-electron chi connectivity index (χ3n) is 3.88. The van der Waals surface area contributed by atoms with E-state index >= 15 is 0 Å². The molecule has 0 spiro atoms. The number of para-hydroxylation sites is 1. The second-order valence-electron chi connectivity index (χ2n) is 6.16. The molecule has 4 nitrogen and oxygen atoms in total. The van der Waals surface area contributed by atoms with Crippen molar-refractivity contribution in [3.63, 3.8) is 0 Å². The fourth-order valence-electron chi connectivity index (χ4n) is 2.42. The summed E-state index contributed by atoms with van der Waals surface area (Å²) in [7, 11) is 0. The highest BCUT2D eigenvalue weighted by atomic mass is 32.1. The maximum absolute atomic E-state index is 12.4. The van der Waals surface area contributed by atoms with Crippen LogP contribution in [0.5, 0.6) is 0 Å². The number of hydrogen-bond acceptors (Lipinski definition) is 4. The van der Waals surface area contributed by atoms with Crippen LogP contribution in [-0.2, 0) is 9.53 Å². The molecule has 0 aliphatic rings. The summed E-state index contributed by atoms with van der Waals surface area (Å²) < 4.78 is 5.31. The molecule has 128 valence electrons. The Hall–Kier alpha value is -2.14. The van der Waals surface area contributed by atoms with Crippen LogP contribution < -0.4 is 5.32 Å². The third kappa shape index (κ3) is 4.03. The van der Waals surface area contributed by atoms with Crippen molar-refractivity contribution in [2.45, 2.75) is 46.6 Å². The van der Waals surface area contributed by atoms with Gasteiger partial charge in [0.15, 0.2) is 6.10 Å². The van der Waals surface area contributed by atoms with Crippen molar-refractivity contribution in [2.75, 3.05) is 5.32 Å². The summed E-state index contributed by atoms with van der Waals surface area (Å²) in [5, 5.41) is 4.74. The zero-order chi connectivity index (χ0) is 17.9. The minimum Gasteiger partial charge on any atom is -0.448 e. The molecule has 0 aliphatic heterocycles. The van der Waals surface area contributed by atoms with Gasteiger partial charge in [0.1, 0.15) is 4.88 Å². The van der Waals surface area contributed by atoms with E-state index in [4.69, 9.17) is 4.74 Å². The van der Waals surface area contributed by atoms with Gasteiger partial charge in [-0.3, -0.25) is 4.79 Å². The van der Waals surface area contributed by atoms with Crippen molar-refractivity contribution in [2.24, 2.45) is 0 Å². The number of nitrogens with one attached hydrogen (secondary N) is 1. The number of aryl methyl sites for hydroxylation is 2. The first-order valence-electron chi connectivity index (χ1n) is 7.96. The van der Waals surface area contributed by atoms with E-state index in [1.807, 2.05) is 43.5 Å². The first-order chi connectivity index (χ1) is 11.3. The monoisotopic (exact) mass is 345 g/mol. The Labute approximate surface area is 146 Å². The van der Waals surface area contributed by atoms with E-state index in [1.165, 1.54) is 11.3 Å². The highest BCUT2D eigenvalue weighted by Crippen LogP contribution is 2.27. The van der Waals surface area contributed by atoms with Crippen LogP contribution in [-0.4, -0.2) is 18.0 Å². The van der Waals surface area contributed by atoms with Gasteiger partial charge >= 0.3 is 5.97 Å². The van der Waals surface area contributed by atoms with Crippen molar-refractivity contribution in [3.8, 4) is 0 Å². The standard InChI is InChI=1S/C19H23NO3S/c1-11(2)15-8-6-7-12(3)16(15)20-18(21)14(5)23-19(22)17-13(4)9-10-24-17/h6-11,14H,1-5H3,(H,20,21)/t14-/m1/s1.